The number of rotatable bonds is 2. The molecule has 1 saturated carbocycles. The van der Waals surface area contributed by atoms with Crippen LogP contribution >= 0.6 is 15.9 Å². The van der Waals surface area contributed by atoms with E-state index in [9.17, 15) is 4.79 Å². The van der Waals surface area contributed by atoms with Crippen LogP contribution in [0.2, 0.25) is 0 Å². The number of cyclic esters (lactones) is 1. The topological polar surface area (TPSA) is 39.4 Å². The number of esters is 1. The second kappa shape index (κ2) is 5.53. The SMILES string of the molecule is O=C1OCC(C2CCCCC2)C1=Cc1ccc(Br)o1. The number of hydrogen-bond donors (Lipinski definition) is 0. The van der Waals surface area contributed by atoms with Crippen LogP contribution in [0.4, 0.5) is 0 Å². The summed E-state index contributed by atoms with van der Waals surface area (Å²) in [4.78, 5) is 11.9. The van der Waals surface area contributed by atoms with E-state index in [4.69, 9.17) is 9.15 Å². The van der Waals surface area contributed by atoms with Gasteiger partial charge in [0.05, 0.1) is 6.61 Å². The highest BCUT2D eigenvalue weighted by atomic mass is 79.9. The highest BCUT2D eigenvalue weighted by molar-refractivity contribution is 9.10. The molecule has 0 amide bonds. The molecule has 0 N–H and O–H groups in total. The van der Waals surface area contributed by atoms with Crippen molar-refractivity contribution in [3.05, 3.63) is 28.1 Å². The van der Waals surface area contributed by atoms with Crippen molar-refractivity contribution in [1.82, 2.24) is 0 Å². The van der Waals surface area contributed by atoms with Gasteiger partial charge in [-0.05, 0) is 52.9 Å². The van der Waals surface area contributed by atoms with E-state index in [-0.39, 0.29) is 11.9 Å². The van der Waals surface area contributed by atoms with E-state index in [1.165, 1.54) is 32.1 Å². The molecule has 3 rings (SSSR count). The Hall–Kier alpha value is -1.03. The van der Waals surface area contributed by atoms with E-state index in [2.05, 4.69) is 15.9 Å². The quantitative estimate of drug-likeness (QED) is 0.605. The Labute approximate surface area is 121 Å². The molecule has 0 bridgehead atoms. The van der Waals surface area contributed by atoms with Crippen LogP contribution in [-0.4, -0.2) is 12.6 Å². The fourth-order valence-corrected chi connectivity index (χ4v) is 3.46. The van der Waals surface area contributed by atoms with Crippen LogP contribution in [0.5, 0.6) is 0 Å². The minimum absolute atomic E-state index is 0.178. The Balaban J connectivity index is 1.83. The van der Waals surface area contributed by atoms with Crippen LogP contribution in [0.15, 0.2) is 26.8 Å². The summed E-state index contributed by atoms with van der Waals surface area (Å²) in [5.74, 6) is 1.37. The lowest BCUT2D eigenvalue weighted by atomic mass is 9.77. The summed E-state index contributed by atoms with van der Waals surface area (Å²) in [6.07, 6.45) is 8.13. The van der Waals surface area contributed by atoms with Gasteiger partial charge in [-0.3, -0.25) is 0 Å². The molecule has 0 radical (unpaired) electrons. The molecule has 1 saturated heterocycles. The Kier molecular flexibility index (Phi) is 3.78. The molecule has 1 aliphatic heterocycles. The van der Waals surface area contributed by atoms with Crippen LogP contribution in [0.25, 0.3) is 6.08 Å². The average Bonchev–Trinajstić information content (AvgIpc) is 2.99. The lowest BCUT2D eigenvalue weighted by Gasteiger charge is -2.26. The third-order valence-corrected chi connectivity index (χ3v) is 4.57. The van der Waals surface area contributed by atoms with E-state index >= 15 is 0 Å². The first-order valence-electron chi connectivity index (χ1n) is 6.88. The molecule has 2 aliphatic rings. The molecule has 4 heteroatoms. The number of hydrogen-bond acceptors (Lipinski definition) is 3. The maximum absolute atomic E-state index is 11.9. The molecule has 2 heterocycles. The first-order valence-corrected chi connectivity index (χ1v) is 7.67. The molecule has 102 valence electrons. The van der Waals surface area contributed by atoms with Gasteiger partial charge in [0.1, 0.15) is 5.76 Å². The number of furan rings is 1. The summed E-state index contributed by atoms with van der Waals surface area (Å²) in [6.45, 7) is 0.539. The predicted molar refractivity (Wildman–Crippen MR) is 75.4 cm³/mol. The van der Waals surface area contributed by atoms with Crippen molar-refractivity contribution in [3.63, 3.8) is 0 Å². The highest BCUT2D eigenvalue weighted by Crippen LogP contribution is 2.38. The lowest BCUT2D eigenvalue weighted by Crippen LogP contribution is -2.19. The van der Waals surface area contributed by atoms with Gasteiger partial charge in [0.15, 0.2) is 4.67 Å². The molecule has 1 aromatic rings. The van der Waals surface area contributed by atoms with E-state index < -0.39 is 0 Å². The zero-order valence-electron chi connectivity index (χ0n) is 10.7. The number of ether oxygens (including phenoxy) is 1. The highest BCUT2D eigenvalue weighted by Gasteiger charge is 2.36. The van der Waals surface area contributed by atoms with Gasteiger partial charge in [-0.1, -0.05) is 19.3 Å². The average molecular weight is 325 g/mol. The standard InChI is InChI=1S/C15H17BrO3/c16-14-7-6-11(19-14)8-12-13(9-18-15(12)17)10-4-2-1-3-5-10/h6-8,10,13H,1-5,9H2. The molecule has 0 aromatic carbocycles. The fourth-order valence-electron chi connectivity index (χ4n) is 3.14. The van der Waals surface area contributed by atoms with E-state index in [0.29, 0.717) is 23.0 Å². The second-order valence-corrected chi connectivity index (χ2v) is 6.13. The Morgan fingerprint density at radius 2 is 2.00 bits per heavy atom. The second-order valence-electron chi connectivity index (χ2n) is 5.34. The van der Waals surface area contributed by atoms with Crippen LogP contribution in [0.3, 0.4) is 0 Å². The zero-order chi connectivity index (χ0) is 13.2. The minimum atomic E-state index is -0.178. The lowest BCUT2D eigenvalue weighted by molar-refractivity contribution is -0.135. The molecular weight excluding hydrogens is 308 g/mol. The van der Waals surface area contributed by atoms with E-state index in [1.54, 1.807) is 0 Å². The van der Waals surface area contributed by atoms with Crippen molar-refractivity contribution >= 4 is 28.0 Å². The summed E-state index contributed by atoms with van der Waals surface area (Å²) >= 11 is 3.28. The maximum atomic E-state index is 11.9. The molecule has 1 atom stereocenters. The first-order chi connectivity index (χ1) is 9.24. The Morgan fingerprint density at radius 3 is 2.68 bits per heavy atom. The number of carbonyl (C=O) groups excluding carboxylic acids is 1. The largest absolute Gasteiger partial charge is 0.462 e. The zero-order valence-corrected chi connectivity index (χ0v) is 12.3. The summed E-state index contributed by atoms with van der Waals surface area (Å²) in [7, 11) is 0. The normalized spacial score (nSPS) is 26.9. The van der Waals surface area contributed by atoms with E-state index in [1.807, 2.05) is 18.2 Å². The van der Waals surface area contributed by atoms with Crippen LogP contribution in [0, 0.1) is 11.8 Å². The van der Waals surface area contributed by atoms with Gasteiger partial charge in [-0.25, -0.2) is 4.79 Å². The molecular formula is C15H17BrO3. The fraction of sp³-hybridized carbons (Fsp3) is 0.533. The smallest absolute Gasteiger partial charge is 0.334 e. The van der Waals surface area contributed by atoms with Gasteiger partial charge in [0.25, 0.3) is 0 Å². The van der Waals surface area contributed by atoms with Crippen LogP contribution in [-0.2, 0) is 9.53 Å². The molecule has 3 nitrogen and oxygen atoms in total. The molecule has 1 aromatic heterocycles. The van der Waals surface area contributed by atoms with Crippen molar-refractivity contribution in [1.29, 1.82) is 0 Å². The molecule has 19 heavy (non-hydrogen) atoms. The summed E-state index contributed by atoms with van der Waals surface area (Å²) in [5, 5.41) is 0. The maximum Gasteiger partial charge on any atom is 0.334 e. The number of halogens is 1. The predicted octanol–water partition coefficient (Wildman–Crippen LogP) is 4.18. The van der Waals surface area contributed by atoms with Gasteiger partial charge in [-0.15, -0.1) is 0 Å². The minimum Gasteiger partial charge on any atom is -0.462 e. The van der Waals surface area contributed by atoms with Crippen LogP contribution in [0.1, 0.15) is 37.9 Å². The molecule has 1 unspecified atom stereocenters. The third kappa shape index (κ3) is 2.78. The van der Waals surface area contributed by atoms with Crippen LogP contribution < -0.4 is 0 Å². The Morgan fingerprint density at radius 1 is 1.21 bits per heavy atom. The molecule has 1 aliphatic carbocycles. The van der Waals surface area contributed by atoms with Gasteiger partial charge in [0, 0.05) is 11.5 Å². The summed E-state index contributed by atoms with van der Waals surface area (Å²) in [5.41, 5.74) is 0.786. The van der Waals surface area contributed by atoms with Gasteiger partial charge in [-0.2, -0.15) is 0 Å². The number of carbonyl (C=O) groups is 1. The van der Waals surface area contributed by atoms with Crippen molar-refractivity contribution < 1.29 is 13.9 Å². The van der Waals surface area contributed by atoms with Gasteiger partial charge in [0.2, 0.25) is 0 Å². The monoisotopic (exact) mass is 324 g/mol. The van der Waals surface area contributed by atoms with Gasteiger partial charge < -0.3 is 9.15 Å². The van der Waals surface area contributed by atoms with Crippen molar-refractivity contribution in [2.45, 2.75) is 32.1 Å². The third-order valence-electron chi connectivity index (χ3n) is 4.14. The summed E-state index contributed by atoms with van der Waals surface area (Å²) in [6, 6.07) is 3.70. The van der Waals surface area contributed by atoms with E-state index in [0.717, 1.165) is 5.57 Å². The van der Waals surface area contributed by atoms with Crippen molar-refractivity contribution in [2.24, 2.45) is 11.8 Å². The first kappa shape index (κ1) is 13.0. The molecule has 2 fully saturated rings. The van der Waals surface area contributed by atoms with Crippen molar-refractivity contribution in [2.75, 3.05) is 6.61 Å². The molecule has 0 spiro atoms. The van der Waals surface area contributed by atoms with Gasteiger partial charge >= 0.3 is 5.97 Å². The summed E-state index contributed by atoms with van der Waals surface area (Å²) < 4.78 is 11.4. The Bertz CT molecular complexity index is 497. The van der Waals surface area contributed by atoms with Crippen molar-refractivity contribution in [3.8, 4) is 0 Å².